The van der Waals surface area contributed by atoms with E-state index in [0.29, 0.717) is 11.0 Å². The van der Waals surface area contributed by atoms with Crippen molar-refractivity contribution in [3.05, 3.63) is 33.9 Å². The van der Waals surface area contributed by atoms with Crippen molar-refractivity contribution in [1.82, 2.24) is 0 Å². The van der Waals surface area contributed by atoms with Gasteiger partial charge in [0.15, 0.2) is 0 Å². The van der Waals surface area contributed by atoms with Crippen LogP contribution in [0.25, 0.3) is 0 Å². The second-order valence-corrected chi connectivity index (χ2v) is 2.37. The first kappa shape index (κ1) is 8.27. The van der Waals surface area contributed by atoms with Crippen molar-refractivity contribution in [3.63, 3.8) is 0 Å². The summed E-state index contributed by atoms with van der Waals surface area (Å²) in [4.78, 5) is 9.88. The fraction of sp³-hybridized carbons (Fsp3) is 0. The number of nitro benzene ring substituents is 1. The third-order valence-electron chi connectivity index (χ3n) is 1.52. The average Bonchev–Trinajstić information content (AvgIpc) is 2.03. The van der Waals surface area contributed by atoms with Crippen LogP contribution >= 0.6 is 0 Å². The van der Waals surface area contributed by atoms with E-state index in [0.717, 1.165) is 0 Å². The van der Waals surface area contributed by atoms with Crippen LogP contribution in [-0.4, -0.2) is 12.8 Å². The highest BCUT2D eigenvalue weighted by molar-refractivity contribution is 6.35. The predicted molar refractivity (Wildman–Crippen MR) is 46.0 cm³/mol. The molecule has 0 aliphatic rings. The van der Waals surface area contributed by atoms with E-state index >= 15 is 0 Å². The molecular weight excluding hydrogens is 155 g/mol. The van der Waals surface area contributed by atoms with E-state index in [2.05, 4.69) is 0 Å². The molecule has 0 fully saturated rings. The predicted octanol–water partition coefficient (Wildman–Crippen LogP) is -0.275. The van der Waals surface area contributed by atoms with Gasteiger partial charge in [-0.2, -0.15) is 5.26 Å². The van der Waals surface area contributed by atoms with E-state index in [-0.39, 0.29) is 5.69 Å². The van der Waals surface area contributed by atoms with Crippen molar-refractivity contribution in [2.24, 2.45) is 0 Å². The molecule has 4 nitrogen and oxygen atoms in total. The van der Waals surface area contributed by atoms with Crippen LogP contribution in [0.2, 0.25) is 0 Å². The van der Waals surface area contributed by atoms with Crippen LogP contribution in [0.1, 0.15) is 5.56 Å². The molecule has 0 saturated heterocycles. The maximum absolute atomic E-state index is 10.3. The molecule has 0 heterocycles. The smallest absolute Gasteiger partial charge is 0.258 e. The van der Waals surface area contributed by atoms with Crippen LogP contribution < -0.4 is 5.46 Å². The number of hydrogen-bond donors (Lipinski definition) is 0. The van der Waals surface area contributed by atoms with E-state index in [1.54, 1.807) is 7.85 Å². The third kappa shape index (κ3) is 1.43. The summed E-state index contributed by atoms with van der Waals surface area (Å²) in [5.41, 5.74) is 1.01. The molecule has 0 spiro atoms. The highest BCUT2D eigenvalue weighted by Gasteiger charge is 2.08. The second-order valence-electron chi connectivity index (χ2n) is 2.37. The highest BCUT2D eigenvalue weighted by atomic mass is 16.6. The van der Waals surface area contributed by atoms with Gasteiger partial charge >= 0.3 is 0 Å². The van der Waals surface area contributed by atoms with E-state index in [1.807, 2.05) is 6.07 Å². The van der Waals surface area contributed by atoms with Crippen molar-refractivity contribution >= 4 is 19.0 Å². The van der Waals surface area contributed by atoms with Crippen LogP contribution in [0.5, 0.6) is 0 Å². The minimum absolute atomic E-state index is 0.0500. The van der Waals surface area contributed by atoms with Gasteiger partial charge in [-0.05, 0) is 17.6 Å². The summed E-state index contributed by atoms with van der Waals surface area (Å²) < 4.78 is 0. The maximum Gasteiger partial charge on any atom is 0.263 e. The first-order valence-corrected chi connectivity index (χ1v) is 3.30. The zero-order chi connectivity index (χ0) is 9.14. The molecule has 1 aromatic rings. The largest absolute Gasteiger partial charge is 0.263 e. The summed E-state index contributed by atoms with van der Waals surface area (Å²) in [7, 11) is 1.61. The Morgan fingerprint density at radius 2 is 2.25 bits per heavy atom. The standard InChI is InChI=1S/C7H5BN2O2/c8-6-3-5(4-9)1-2-7(6)10(11)12/h1-3H,8H2. The summed E-state index contributed by atoms with van der Waals surface area (Å²) in [5.74, 6) is 0. The molecule has 0 aliphatic heterocycles. The Bertz CT molecular complexity index is 370. The lowest BCUT2D eigenvalue weighted by Gasteiger charge is -1.95. The Balaban J connectivity index is 3.23. The van der Waals surface area contributed by atoms with Gasteiger partial charge in [-0.1, -0.05) is 0 Å². The molecule has 0 N–H and O–H groups in total. The third-order valence-corrected chi connectivity index (χ3v) is 1.52. The van der Waals surface area contributed by atoms with Crippen molar-refractivity contribution in [2.75, 3.05) is 0 Å². The quantitative estimate of drug-likeness (QED) is 0.322. The molecule has 0 amide bonds. The molecule has 1 rings (SSSR count). The van der Waals surface area contributed by atoms with Crippen molar-refractivity contribution in [1.29, 1.82) is 5.26 Å². The topological polar surface area (TPSA) is 66.9 Å². The first-order chi connectivity index (χ1) is 5.65. The molecule has 0 bridgehead atoms. The molecule has 0 atom stereocenters. The van der Waals surface area contributed by atoms with Crippen molar-refractivity contribution in [2.45, 2.75) is 0 Å². The minimum Gasteiger partial charge on any atom is -0.258 e. The Hall–Kier alpha value is -1.83. The van der Waals surface area contributed by atoms with Gasteiger partial charge in [0.1, 0.15) is 7.85 Å². The molecular formula is C7H5BN2O2. The van der Waals surface area contributed by atoms with Crippen LogP contribution in [0.4, 0.5) is 5.69 Å². The number of rotatable bonds is 1. The normalized spacial score (nSPS) is 8.92. The van der Waals surface area contributed by atoms with Crippen molar-refractivity contribution < 1.29 is 4.92 Å². The van der Waals surface area contributed by atoms with Crippen LogP contribution in [0.15, 0.2) is 18.2 Å². The van der Waals surface area contributed by atoms with Gasteiger partial charge in [-0.25, -0.2) is 0 Å². The molecule has 1 aromatic carbocycles. The lowest BCUT2D eigenvalue weighted by atomic mass is 9.92. The summed E-state index contributed by atoms with van der Waals surface area (Å²) in [5, 5.41) is 18.8. The average molecular weight is 160 g/mol. The zero-order valence-corrected chi connectivity index (χ0v) is 6.44. The summed E-state index contributed by atoms with van der Waals surface area (Å²) in [6.45, 7) is 0. The molecule has 0 aliphatic carbocycles. The molecule has 0 radical (unpaired) electrons. The van der Waals surface area contributed by atoms with Gasteiger partial charge in [-0.15, -0.1) is 0 Å². The minimum atomic E-state index is -0.462. The molecule has 58 valence electrons. The fourth-order valence-electron chi connectivity index (χ4n) is 0.930. The second kappa shape index (κ2) is 3.05. The summed E-state index contributed by atoms with van der Waals surface area (Å²) >= 11 is 0. The van der Waals surface area contributed by atoms with E-state index in [4.69, 9.17) is 5.26 Å². The first-order valence-electron chi connectivity index (χ1n) is 3.30. The number of benzene rings is 1. The molecule has 0 saturated carbocycles. The maximum atomic E-state index is 10.3. The Labute approximate surface area is 70.0 Å². The van der Waals surface area contributed by atoms with Gasteiger partial charge in [0.05, 0.1) is 16.6 Å². The summed E-state index contributed by atoms with van der Waals surface area (Å²) in [6.07, 6.45) is 0. The van der Waals surface area contributed by atoms with Gasteiger partial charge < -0.3 is 0 Å². The monoisotopic (exact) mass is 160 g/mol. The lowest BCUT2D eigenvalue weighted by Crippen LogP contribution is -2.09. The van der Waals surface area contributed by atoms with E-state index in [1.165, 1.54) is 18.2 Å². The van der Waals surface area contributed by atoms with Gasteiger partial charge in [0.25, 0.3) is 5.69 Å². The Morgan fingerprint density at radius 1 is 1.58 bits per heavy atom. The number of nitro groups is 1. The van der Waals surface area contributed by atoms with Crippen LogP contribution in [0, 0.1) is 21.4 Å². The SMILES string of the molecule is Bc1cc(C#N)ccc1[N+](=O)[O-]. The van der Waals surface area contributed by atoms with Crippen LogP contribution in [0.3, 0.4) is 0 Å². The Kier molecular flexibility index (Phi) is 2.10. The van der Waals surface area contributed by atoms with Crippen LogP contribution in [-0.2, 0) is 0 Å². The summed E-state index contributed by atoms with van der Waals surface area (Å²) in [6, 6.07) is 6.19. The lowest BCUT2D eigenvalue weighted by molar-refractivity contribution is -0.383. The van der Waals surface area contributed by atoms with Gasteiger partial charge in [0, 0.05) is 6.07 Å². The molecule has 12 heavy (non-hydrogen) atoms. The molecule has 5 heteroatoms. The van der Waals surface area contributed by atoms with Gasteiger partial charge in [-0.3, -0.25) is 10.1 Å². The number of nitriles is 1. The fourth-order valence-corrected chi connectivity index (χ4v) is 0.930. The van der Waals surface area contributed by atoms with E-state index < -0.39 is 4.92 Å². The van der Waals surface area contributed by atoms with Gasteiger partial charge in [0.2, 0.25) is 0 Å². The molecule has 0 aromatic heterocycles. The number of hydrogen-bond acceptors (Lipinski definition) is 3. The Morgan fingerprint density at radius 3 is 2.67 bits per heavy atom. The highest BCUT2D eigenvalue weighted by Crippen LogP contribution is 2.07. The van der Waals surface area contributed by atoms with E-state index in [9.17, 15) is 10.1 Å². The van der Waals surface area contributed by atoms with Crippen molar-refractivity contribution in [3.8, 4) is 6.07 Å². The molecule has 0 unspecified atom stereocenters. The zero-order valence-electron chi connectivity index (χ0n) is 6.44. The number of nitrogens with zero attached hydrogens (tertiary/aromatic N) is 2.